The Morgan fingerprint density at radius 3 is 2.85 bits per heavy atom. The monoisotopic (exact) mass is 482 g/mol. The van der Waals surface area contributed by atoms with Gasteiger partial charge in [-0.3, -0.25) is 4.79 Å². The average molecular weight is 482 g/mol. The molecule has 2 atom stereocenters. The summed E-state index contributed by atoms with van der Waals surface area (Å²) < 4.78 is 6.85. The van der Waals surface area contributed by atoms with Gasteiger partial charge in [-0.15, -0.1) is 17.7 Å². The van der Waals surface area contributed by atoms with Crippen molar-refractivity contribution in [3.63, 3.8) is 0 Å². The van der Waals surface area contributed by atoms with E-state index in [0.717, 1.165) is 20.0 Å². The van der Waals surface area contributed by atoms with Crippen LogP contribution in [0.1, 0.15) is 32.8 Å². The van der Waals surface area contributed by atoms with Gasteiger partial charge in [-0.25, -0.2) is 4.98 Å². The number of benzene rings is 1. The second kappa shape index (κ2) is 8.96. The molecule has 0 radical (unpaired) electrons. The SMILES string of the molecule is CC#CC(C)(CC)NC(=O)C(Oc1nc2c(C)cccc2cc1I)SC. The van der Waals surface area contributed by atoms with Crippen LogP contribution in [0.25, 0.3) is 10.9 Å². The first-order valence-electron chi connectivity index (χ1n) is 8.34. The minimum absolute atomic E-state index is 0.202. The molecule has 26 heavy (non-hydrogen) atoms. The Balaban J connectivity index is 2.28. The number of ether oxygens (including phenoxy) is 1. The second-order valence-corrected chi connectivity index (χ2v) is 8.22. The molecular weight excluding hydrogens is 459 g/mol. The van der Waals surface area contributed by atoms with Crippen molar-refractivity contribution in [2.75, 3.05) is 6.26 Å². The molecule has 1 heterocycles. The number of aromatic nitrogens is 1. The van der Waals surface area contributed by atoms with E-state index < -0.39 is 11.0 Å². The van der Waals surface area contributed by atoms with Crippen molar-refractivity contribution in [2.24, 2.45) is 0 Å². The van der Waals surface area contributed by atoms with Crippen LogP contribution >= 0.6 is 34.4 Å². The van der Waals surface area contributed by atoms with E-state index in [4.69, 9.17) is 4.74 Å². The molecule has 2 unspecified atom stereocenters. The molecule has 1 amide bonds. The molecule has 0 spiro atoms. The average Bonchev–Trinajstić information content (AvgIpc) is 2.60. The van der Waals surface area contributed by atoms with E-state index in [0.29, 0.717) is 12.3 Å². The first-order chi connectivity index (χ1) is 12.3. The number of nitrogens with one attached hydrogen (secondary N) is 1. The van der Waals surface area contributed by atoms with Crippen LogP contribution in [0.3, 0.4) is 0 Å². The fourth-order valence-corrected chi connectivity index (χ4v) is 3.56. The number of thioether (sulfide) groups is 1. The van der Waals surface area contributed by atoms with E-state index in [-0.39, 0.29) is 5.91 Å². The lowest BCUT2D eigenvalue weighted by molar-refractivity contribution is -0.125. The molecule has 0 aliphatic heterocycles. The molecule has 1 aromatic heterocycles. The number of hydrogen-bond donors (Lipinski definition) is 1. The molecule has 0 bridgehead atoms. The van der Waals surface area contributed by atoms with Crippen molar-refractivity contribution in [1.82, 2.24) is 10.3 Å². The molecule has 1 aromatic carbocycles. The fourth-order valence-electron chi connectivity index (χ4n) is 2.51. The maximum Gasteiger partial charge on any atom is 0.272 e. The Labute approximate surface area is 173 Å². The van der Waals surface area contributed by atoms with Crippen LogP contribution in [0.2, 0.25) is 0 Å². The summed E-state index contributed by atoms with van der Waals surface area (Å²) in [5, 5.41) is 4.05. The summed E-state index contributed by atoms with van der Waals surface area (Å²) in [6.45, 7) is 7.70. The Bertz CT molecular complexity index is 875. The number of hydrogen-bond acceptors (Lipinski definition) is 4. The number of nitrogens with zero attached hydrogens (tertiary/aromatic N) is 1. The molecule has 1 N–H and O–H groups in total. The lowest BCUT2D eigenvalue weighted by Crippen LogP contribution is -2.49. The van der Waals surface area contributed by atoms with Gasteiger partial charge in [-0.05, 0) is 67.7 Å². The van der Waals surface area contributed by atoms with E-state index >= 15 is 0 Å². The van der Waals surface area contributed by atoms with Crippen LogP contribution in [0.4, 0.5) is 0 Å². The van der Waals surface area contributed by atoms with Gasteiger partial charge in [0, 0.05) is 5.39 Å². The summed E-state index contributed by atoms with van der Waals surface area (Å²) in [5.41, 5.74) is 0.704. The van der Waals surface area contributed by atoms with Gasteiger partial charge in [-0.1, -0.05) is 31.0 Å². The van der Waals surface area contributed by atoms with Gasteiger partial charge in [0.2, 0.25) is 11.3 Å². The summed E-state index contributed by atoms with van der Waals surface area (Å²) in [4.78, 5) is 17.4. The second-order valence-electron chi connectivity index (χ2n) is 6.16. The highest BCUT2D eigenvalue weighted by Gasteiger charge is 2.28. The van der Waals surface area contributed by atoms with E-state index in [1.165, 1.54) is 11.8 Å². The van der Waals surface area contributed by atoms with E-state index in [9.17, 15) is 4.79 Å². The van der Waals surface area contributed by atoms with Crippen LogP contribution in [-0.2, 0) is 4.79 Å². The van der Waals surface area contributed by atoms with Gasteiger partial charge in [-0.2, -0.15) is 0 Å². The third-order valence-electron chi connectivity index (χ3n) is 4.12. The van der Waals surface area contributed by atoms with Gasteiger partial charge in [0.25, 0.3) is 5.91 Å². The van der Waals surface area contributed by atoms with Crippen molar-refractivity contribution < 1.29 is 9.53 Å². The predicted molar refractivity (Wildman–Crippen MR) is 117 cm³/mol. The summed E-state index contributed by atoms with van der Waals surface area (Å²) in [5.74, 6) is 6.21. The molecule has 4 nitrogen and oxygen atoms in total. The highest BCUT2D eigenvalue weighted by molar-refractivity contribution is 14.1. The predicted octanol–water partition coefficient (Wildman–Crippen LogP) is 4.52. The molecule has 0 aliphatic carbocycles. The number of halogens is 1. The van der Waals surface area contributed by atoms with Crippen molar-refractivity contribution in [3.8, 4) is 17.7 Å². The van der Waals surface area contributed by atoms with Crippen molar-refractivity contribution in [1.29, 1.82) is 0 Å². The lowest BCUT2D eigenvalue weighted by atomic mass is 10.00. The van der Waals surface area contributed by atoms with E-state index in [1.807, 2.05) is 51.3 Å². The molecule has 0 fully saturated rings. The molecule has 138 valence electrons. The van der Waals surface area contributed by atoms with Gasteiger partial charge < -0.3 is 10.1 Å². The zero-order valence-corrected chi connectivity index (χ0v) is 18.6. The molecule has 2 rings (SSSR count). The maximum absolute atomic E-state index is 12.7. The highest BCUT2D eigenvalue weighted by Crippen LogP contribution is 2.28. The maximum atomic E-state index is 12.7. The van der Waals surface area contributed by atoms with Crippen LogP contribution in [0.5, 0.6) is 5.88 Å². The third-order valence-corrected chi connectivity index (χ3v) is 5.63. The number of para-hydroxylation sites is 1. The Morgan fingerprint density at radius 2 is 2.23 bits per heavy atom. The normalized spacial score (nSPS) is 14.1. The molecular formula is C20H23IN2O2S. The number of fused-ring (bicyclic) bond motifs is 1. The molecule has 0 aliphatic rings. The molecule has 2 aromatic rings. The van der Waals surface area contributed by atoms with Gasteiger partial charge in [0.1, 0.15) is 0 Å². The van der Waals surface area contributed by atoms with Gasteiger partial charge in [0.15, 0.2) is 0 Å². The van der Waals surface area contributed by atoms with Gasteiger partial charge >= 0.3 is 0 Å². The first-order valence-corrected chi connectivity index (χ1v) is 10.7. The lowest BCUT2D eigenvalue weighted by Gasteiger charge is -2.26. The summed E-state index contributed by atoms with van der Waals surface area (Å²) >= 11 is 3.53. The Morgan fingerprint density at radius 1 is 1.50 bits per heavy atom. The van der Waals surface area contributed by atoms with Crippen LogP contribution < -0.4 is 10.1 Å². The smallest absolute Gasteiger partial charge is 0.272 e. The van der Waals surface area contributed by atoms with Crippen LogP contribution in [0.15, 0.2) is 24.3 Å². The van der Waals surface area contributed by atoms with Gasteiger partial charge in [0.05, 0.1) is 14.6 Å². The topological polar surface area (TPSA) is 51.2 Å². The number of carbonyl (C=O) groups excluding carboxylic acids is 1. The summed E-state index contributed by atoms with van der Waals surface area (Å²) in [6, 6.07) is 8.07. The largest absolute Gasteiger partial charge is 0.452 e. The van der Waals surface area contributed by atoms with Crippen LogP contribution in [-0.4, -0.2) is 28.1 Å². The minimum Gasteiger partial charge on any atom is -0.452 e. The summed E-state index contributed by atoms with van der Waals surface area (Å²) in [7, 11) is 0. The van der Waals surface area contributed by atoms with E-state index in [1.54, 1.807) is 6.92 Å². The minimum atomic E-state index is -0.693. The third kappa shape index (κ3) is 4.83. The zero-order chi connectivity index (χ0) is 19.3. The standard InChI is InChI=1S/C20H23IN2O2S/c1-6-11-20(4,7-2)23-17(24)19(26-5)25-18-15(21)12-14-10-8-9-13(3)16(14)22-18/h8-10,12,19H,7H2,1-5H3,(H,23,24). The first kappa shape index (κ1) is 20.8. The molecule has 0 saturated heterocycles. The van der Waals surface area contributed by atoms with Crippen LogP contribution in [0, 0.1) is 22.3 Å². The number of pyridine rings is 1. The van der Waals surface area contributed by atoms with Crippen molar-refractivity contribution in [3.05, 3.63) is 33.4 Å². The Kier molecular flexibility index (Phi) is 7.18. The van der Waals surface area contributed by atoms with Crippen molar-refractivity contribution in [2.45, 2.75) is 45.1 Å². The quantitative estimate of drug-likeness (QED) is 0.374. The number of aryl methyl sites for hydroxylation is 1. The van der Waals surface area contributed by atoms with E-state index in [2.05, 4.69) is 44.7 Å². The number of amides is 1. The summed E-state index contributed by atoms with van der Waals surface area (Å²) in [6.07, 6.45) is 2.56. The van der Waals surface area contributed by atoms with Crippen molar-refractivity contribution >= 4 is 51.2 Å². The molecule has 0 saturated carbocycles. The number of carbonyl (C=O) groups is 1. The number of rotatable bonds is 6. The molecule has 6 heteroatoms. The zero-order valence-electron chi connectivity index (χ0n) is 15.6. The Hall–Kier alpha value is -1.46. The highest BCUT2D eigenvalue weighted by atomic mass is 127. The fraction of sp³-hybridized carbons (Fsp3) is 0.400.